The molecule has 94 valence electrons. The highest BCUT2D eigenvalue weighted by Crippen LogP contribution is 2.37. The lowest BCUT2D eigenvalue weighted by Crippen LogP contribution is -2.38. The minimum absolute atomic E-state index is 0.571. The van der Waals surface area contributed by atoms with E-state index in [1.165, 1.54) is 11.1 Å². The fourth-order valence-corrected chi connectivity index (χ4v) is 2.92. The minimum atomic E-state index is -0.607. The van der Waals surface area contributed by atoms with Gasteiger partial charge in [-0.15, -0.1) is 0 Å². The summed E-state index contributed by atoms with van der Waals surface area (Å²) in [6, 6.07) is 6.99. The van der Waals surface area contributed by atoms with Gasteiger partial charge in [0.05, 0.1) is 5.60 Å². The van der Waals surface area contributed by atoms with Crippen molar-refractivity contribution in [2.45, 2.75) is 51.2 Å². The second kappa shape index (κ2) is 4.79. The van der Waals surface area contributed by atoms with Gasteiger partial charge >= 0.3 is 0 Å². The van der Waals surface area contributed by atoms with Crippen LogP contribution in [0, 0.1) is 13.8 Å². The third-order valence-electron chi connectivity index (χ3n) is 3.98. The molecule has 1 aliphatic carbocycles. The molecule has 1 saturated carbocycles. The van der Waals surface area contributed by atoms with Gasteiger partial charge in [0.25, 0.3) is 0 Å². The molecule has 0 aromatic heterocycles. The van der Waals surface area contributed by atoms with E-state index < -0.39 is 5.60 Å². The van der Waals surface area contributed by atoms with E-state index >= 15 is 0 Å². The normalized spacial score (nSPS) is 29.3. The fraction of sp³-hybridized carbons (Fsp3) is 0.600. The summed E-state index contributed by atoms with van der Waals surface area (Å²) in [4.78, 5) is 0. The summed E-state index contributed by atoms with van der Waals surface area (Å²) < 4.78 is 0. The van der Waals surface area contributed by atoms with Gasteiger partial charge in [0, 0.05) is 6.04 Å². The molecule has 17 heavy (non-hydrogen) atoms. The zero-order chi connectivity index (χ0) is 12.5. The maximum atomic E-state index is 10.8. The molecule has 1 aromatic carbocycles. The molecule has 1 fully saturated rings. The van der Waals surface area contributed by atoms with Crippen molar-refractivity contribution < 1.29 is 5.11 Å². The van der Waals surface area contributed by atoms with Crippen molar-refractivity contribution in [3.05, 3.63) is 34.9 Å². The lowest BCUT2D eigenvalue weighted by Gasteiger charge is -2.36. The quantitative estimate of drug-likeness (QED) is 0.823. The van der Waals surface area contributed by atoms with Crippen LogP contribution in [0.1, 0.15) is 42.4 Å². The molecule has 0 heterocycles. The van der Waals surface area contributed by atoms with Gasteiger partial charge < -0.3 is 10.4 Å². The van der Waals surface area contributed by atoms with E-state index in [-0.39, 0.29) is 0 Å². The van der Waals surface area contributed by atoms with Crippen LogP contribution in [-0.2, 0) is 5.60 Å². The molecule has 2 rings (SSSR count). The van der Waals surface area contributed by atoms with Gasteiger partial charge in [-0.25, -0.2) is 0 Å². The predicted molar refractivity (Wildman–Crippen MR) is 71.1 cm³/mol. The van der Waals surface area contributed by atoms with Crippen LogP contribution in [0.5, 0.6) is 0 Å². The first-order valence-electron chi connectivity index (χ1n) is 6.52. The maximum absolute atomic E-state index is 10.8. The van der Waals surface area contributed by atoms with Gasteiger partial charge in [-0.05, 0) is 52.1 Å². The summed E-state index contributed by atoms with van der Waals surface area (Å²) in [6.07, 6.45) is 3.84. The van der Waals surface area contributed by atoms with Crippen molar-refractivity contribution in [3.8, 4) is 0 Å². The number of nitrogens with one attached hydrogen (secondary N) is 1. The van der Waals surface area contributed by atoms with Gasteiger partial charge in [0.15, 0.2) is 0 Å². The van der Waals surface area contributed by atoms with Gasteiger partial charge in [0.1, 0.15) is 0 Å². The van der Waals surface area contributed by atoms with E-state index in [0.717, 1.165) is 31.2 Å². The van der Waals surface area contributed by atoms with E-state index in [9.17, 15) is 5.11 Å². The number of aliphatic hydroxyl groups is 1. The molecule has 0 radical (unpaired) electrons. The van der Waals surface area contributed by atoms with E-state index in [4.69, 9.17) is 0 Å². The highest BCUT2D eigenvalue weighted by molar-refractivity contribution is 5.32. The Bertz CT molecular complexity index is 372. The second-order valence-electron chi connectivity index (χ2n) is 5.47. The van der Waals surface area contributed by atoms with Crippen molar-refractivity contribution in [2.24, 2.45) is 0 Å². The van der Waals surface area contributed by atoms with Crippen LogP contribution >= 0.6 is 0 Å². The predicted octanol–water partition coefficient (Wildman–Crippen LogP) is 2.65. The highest BCUT2D eigenvalue weighted by Gasteiger charge is 2.34. The summed E-state index contributed by atoms with van der Waals surface area (Å²) in [5.41, 5.74) is 2.97. The average molecular weight is 233 g/mol. The number of rotatable bonds is 2. The Morgan fingerprint density at radius 2 is 1.65 bits per heavy atom. The van der Waals surface area contributed by atoms with Crippen LogP contribution in [0.3, 0.4) is 0 Å². The number of hydrogen-bond donors (Lipinski definition) is 2. The Labute approximate surface area is 104 Å². The van der Waals surface area contributed by atoms with Crippen molar-refractivity contribution in [1.29, 1.82) is 0 Å². The lowest BCUT2D eigenvalue weighted by atomic mass is 9.77. The first-order valence-corrected chi connectivity index (χ1v) is 6.52. The Morgan fingerprint density at radius 3 is 2.12 bits per heavy atom. The first-order chi connectivity index (χ1) is 8.03. The number of hydrogen-bond acceptors (Lipinski definition) is 2. The van der Waals surface area contributed by atoms with Gasteiger partial charge in [0.2, 0.25) is 0 Å². The summed E-state index contributed by atoms with van der Waals surface area (Å²) in [5, 5.41) is 14.1. The van der Waals surface area contributed by atoms with Crippen molar-refractivity contribution in [2.75, 3.05) is 7.05 Å². The Morgan fingerprint density at radius 1 is 1.12 bits per heavy atom. The smallest absolute Gasteiger partial charge is 0.0897 e. The Hall–Kier alpha value is -0.860. The molecule has 0 aliphatic heterocycles. The van der Waals surface area contributed by atoms with Gasteiger partial charge in [-0.2, -0.15) is 0 Å². The van der Waals surface area contributed by atoms with Crippen LogP contribution in [0.2, 0.25) is 0 Å². The van der Waals surface area contributed by atoms with Crippen LogP contribution in [0.4, 0.5) is 0 Å². The zero-order valence-corrected chi connectivity index (χ0v) is 11.1. The number of benzene rings is 1. The van der Waals surface area contributed by atoms with Crippen LogP contribution < -0.4 is 5.32 Å². The van der Waals surface area contributed by atoms with Crippen LogP contribution in [-0.4, -0.2) is 18.2 Å². The lowest BCUT2D eigenvalue weighted by molar-refractivity contribution is -0.00772. The molecule has 0 amide bonds. The molecule has 1 aliphatic rings. The topological polar surface area (TPSA) is 32.3 Å². The molecule has 0 unspecified atom stereocenters. The third-order valence-corrected chi connectivity index (χ3v) is 3.98. The molecular formula is C15H23NO. The second-order valence-corrected chi connectivity index (χ2v) is 5.47. The molecule has 0 spiro atoms. The molecule has 0 saturated heterocycles. The fourth-order valence-electron chi connectivity index (χ4n) is 2.92. The largest absolute Gasteiger partial charge is 0.385 e. The summed E-state index contributed by atoms with van der Waals surface area (Å²) in [6.45, 7) is 4.19. The maximum Gasteiger partial charge on any atom is 0.0897 e. The van der Waals surface area contributed by atoms with Crippen molar-refractivity contribution >= 4 is 0 Å². The molecule has 0 bridgehead atoms. The molecule has 1 aromatic rings. The summed E-state index contributed by atoms with van der Waals surface area (Å²) in [5.74, 6) is 0. The zero-order valence-electron chi connectivity index (χ0n) is 11.1. The van der Waals surface area contributed by atoms with Crippen molar-refractivity contribution in [3.63, 3.8) is 0 Å². The van der Waals surface area contributed by atoms with Gasteiger partial charge in [-0.3, -0.25) is 0 Å². The highest BCUT2D eigenvalue weighted by atomic mass is 16.3. The average Bonchev–Trinajstić information content (AvgIpc) is 2.29. The molecule has 2 heteroatoms. The summed E-state index contributed by atoms with van der Waals surface area (Å²) >= 11 is 0. The third kappa shape index (κ3) is 2.70. The molecule has 2 N–H and O–H groups in total. The van der Waals surface area contributed by atoms with Gasteiger partial charge in [-0.1, -0.05) is 29.3 Å². The molecule has 0 atom stereocenters. The Kier molecular flexibility index (Phi) is 3.55. The standard InChI is InChI=1S/C15H23NO/c1-11-8-12(2)10-13(9-11)15(17)6-4-14(16-3)5-7-15/h8-10,14,16-17H,4-7H2,1-3H3. The van der Waals surface area contributed by atoms with E-state index in [1.807, 2.05) is 7.05 Å². The van der Waals surface area contributed by atoms with E-state index in [1.54, 1.807) is 0 Å². The molecular weight excluding hydrogens is 210 g/mol. The SMILES string of the molecule is CNC1CCC(O)(c2cc(C)cc(C)c2)CC1. The van der Waals surface area contributed by atoms with Crippen LogP contribution in [0.15, 0.2) is 18.2 Å². The van der Waals surface area contributed by atoms with E-state index in [0.29, 0.717) is 6.04 Å². The summed E-state index contributed by atoms with van der Waals surface area (Å²) in [7, 11) is 2.01. The van der Waals surface area contributed by atoms with Crippen molar-refractivity contribution in [1.82, 2.24) is 5.32 Å². The minimum Gasteiger partial charge on any atom is -0.385 e. The van der Waals surface area contributed by atoms with Crippen LogP contribution in [0.25, 0.3) is 0 Å². The van der Waals surface area contributed by atoms with E-state index in [2.05, 4.69) is 37.4 Å². The number of aryl methyl sites for hydroxylation is 2. The molecule has 2 nitrogen and oxygen atoms in total. The first kappa shape index (κ1) is 12.6. The Balaban J connectivity index is 2.21. The monoisotopic (exact) mass is 233 g/mol.